The first-order chi connectivity index (χ1) is 18.0. The van der Waals surface area contributed by atoms with Crippen molar-refractivity contribution in [1.82, 2.24) is 10.2 Å². The molecule has 5 rings (SSSR count). The Balaban J connectivity index is 1.26. The number of fused-ring (bicyclic) bond motifs is 1. The number of hydrogen-bond acceptors (Lipinski definition) is 6. The minimum atomic E-state index is -3.74. The second-order valence-electron chi connectivity index (χ2n) is 9.27. The highest BCUT2D eigenvalue weighted by Crippen LogP contribution is 2.35. The van der Waals surface area contributed by atoms with Gasteiger partial charge < -0.3 is 14.8 Å². The van der Waals surface area contributed by atoms with E-state index in [-0.39, 0.29) is 18.2 Å². The Hall–Kier alpha value is -3.40. The highest BCUT2D eigenvalue weighted by Gasteiger charge is 2.36. The predicted molar refractivity (Wildman–Crippen MR) is 142 cm³/mol. The van der Waals surface area contributed by atoms with Crippen molar-refractivity contribution in [2.45, 2.75) is 24.9 Å². The summed E-state index contributed by atoms with van der Waals surface area (Å²) in [6.45, 7) is 4.39. The minimum Gasteiger partial charge on any atom is -0.476 e. The molecule has 2 heterocycles. The average molecular weight is 522 g/mol. The van der Waals surface area contributed by atoms with Gasteiger partial charge in [-0.1, -0.05) is 66.7 Å². The zero-order chi connectivity index (χ0) is 25.7. The first kappa shape index (κ1) is 25.3. The number of amides is 1. The van der Waals surface area contributed by atoms with Crippen LogP contribution in [0.1, 0.15) is 16.7 Å². The minimum absolute atomic E-state index is 0.0882. The topological polar surface area (TPSA) is 88.2 Å². The van der Waals surface area contributed by atoms with Crippen LogP contribution in [0, 0.1) is 0 Å². The van der Waals surface area contributed by atoms with E-state index in [0.29, 0.717) is 23.5 Å². The third kappa shape index (κ3) is 6.30. The van der Waals surface area contributed by atoms with E-state index >= 15 is 0 Å². The number of morpholine rings is 1. The highest BCUT2D eigenvalue weighted by molar-refractivity contribution is 7.92. The van der Waals surface area contributed by atoms with Gasteiger partial charge in [0.25, 0.3) is 5.91 Å². The van der Waals surface area contributed by atoms with E-state index in [0.717, 1.165) is 38.4 Å². The molecule has 1 atom stereocenters. The molecule has 0 aromatic heterocycles. The summed E-state index contributed by atoms with van der Waals surface area (Å²) in [6.07, 6.45) is -0.961. The summed E-state index contributed by atoms with van der Waals surface area (Å²) >= 11 is 0. The maximum Gasteiger partial charge on any atom is 0.263 e. The lowest BCUT2D eigenvalue weighted by Gasteiger charge is -2.34. The van der Waals surface area contributed by atoms with E-state index in [1.165, 1.54) is 9.87 Å². The number of nitrogens with one attached hydrogen (secondary N) is 1. The van der Waals surface area contributed by atoms with E-state index in [4.69, 9.17) is 9.47 Å². The monoisotopic (exact) mass is 521 g/mol. The third-order valence-electron chi connectivity index (χ3n) is 6.52. The first-order valence-electron chi connectivity index (χ1n) is 12.4. The van der Waals surface area contributed by atoms with Crippen LogP contribution in [0.5, 0.6) is 5.75 Å². The van der Waals surface area contributed by atoms with Crippen LogP contribution in [0.4, 0.5) is 5.69 Å². The van der Waals surface area contributed by atoms with E-state index in [1.54, 1.807) is 36.4 Å². The number of para-hydroxylation sites is 2. The molecule has 1 unspecified atom stereocenters. The average Bonchev–Trinajstić information content (AvgIpc) is 2.92. The van der Waals surface area contributed by atoms with Gasteiger partial charge in [0.15, 0.2) is 6.10 Å². The summed E-state index contributed by atoms with van der Waals surface area (Å²) in [5.74, 6) is -0.141. The Morgan fingerprint density at radius 3 is 2.41 bits per heavy atom. The molecule has 0 saturated carbocycles. The molecular weight excluding hydrogens is 490 g/mol. The summed E-state index contributed by atoms with van der Waals surface area (Å²) in [4.78, 5) is 15.5. The predicted octanol–water partition coefficient (Wildman–Crippen LogP) is 2.93. The lowest BCUT2D eigenvalue weighted by molar-refractivity contribution is -0.127. The zero-order valence-electron chi connectivity index (χ0n) is 20.6. The van der Waals surface area contributed by atoms with E-state index in [9.17, 15) is 13.2 Å². The van der Waals surface area contributed by atoms with Gasteiger partial charge >= 0.3 is 0 Å². The normalized spacial score (nSPS) is 18.1. The SMILES string of the molecule is O=C(NCc1cccc(CN2CCOCC2)c1)C1CN(S(=O)(=O)Cc2ccccc2)c2ccccc2O1. The van der Waals surface area contributed by atoms with Crippen molar-refractivity contribution in [3.05, 3.63) is 95.6 Å². The highest BCUT2D eigenvalue weighted by atomic mass is 32.2. The van der Waals surface area contributed by atoms with Gasteiger partial charge in [-0.05, 0) is 28.8 Å². The van der Waals surface area contributed by atoms with Crippen molar-refractivity contribution in [3.63, 3.8) is 0 Å². The Morgan fingerprint density at radius 2 is 1.59 bits per heavy atom. The van der Waals surface area contributed by atoms with Crippen molar-refractivity contribution < 1.29 is 22.7 Å². The molecule has 1 saturated heterocycles. The van der Waals surface area contributed by atoms with Crippen LogP contribution in [0.2, 0.25) is 0 Å². The molecule has 1 amide bonds. The number of ether oxygens (including phenoxy) is 2. The molecule has 2 aliphatic heterocycles. The number of anilines is 1. The van der Waals surface area contributed by atoms with Crippen molar-refractivity contribution >= 4 is 21.6 Å². The van der Waals surface area contributed by atoms with Crippen LogP contribution in [-0.2, 0) is 38.4 Å². The van der Waals surface area contributed by atoms with E-state index < -0.39 is 16.1 Å². The van der Waals surface area contributed by atoms with Crippen LogP contribution in [0.25, 0.3) is 0 Å². The first-order valence-corrected chi connectivity index (χ1v) is 14.0. The smallest absolute Gasteiger partial charge is 0.263 e. The number of nitrogens with zero attached hydrogens (tertiary/aromatic N) is 2. The van der Waals surface area contributed by atoms with E-state index in [1.807, 2.05) is 30.3 Å². The fourth-order valence-corrected chi connectivity index (χ4v) is 6.21. The van der Waals surface area contributed by atoms with Crippen LogP contribution >= 0.6 is 0 Å². The van der Waals surface area contributed by atoms with Crippen molar-refractivity contribution in [3.8, 4) is 5.75 Å². The maximum absolute atomic E-state index is 13.4. The molecule has 3 aromatic carbocycles. The van der Waals surface area contributed by atoms with Gasteiger partial charge in [0, 0.05) is 26.2 Å². The molecule has 9 heteroatoms. The molecule has 0 spiro atoms. The van der Waals surface area contributed by atoms with Gasteiger partial charge in [-0.25, -0.2) is 8.42 Å². The maximum atomic E-state index is 13.4. The quantitative estimate of drug-likeness (QED) is 0.491. The lowest BCUT2D eigenvalue weighted by atomic mass is 10.1. The molecular formula is C28H31N3O5S. The Morgan fingerprint density at radius 1 is 0.892 bits per heavy atom. The van der Waals surface area contributed by atoms with Crippen molar-refractivity contribution in [2.24, 2.45) is 0 Å². The number of benzene rings is 3. The molecule has 8 nitrogen and oxygen atoms in total. The Kier molecular flexibility index (Phi) is 7.73. The molecule has 3 aromatic rings. The van der Waals surface area contributed by atoms with Crippen LogP contribution in [0.15, 0.2) is 78.9 Å². The van der Waals surface area contributed by atoms with Crippen LogP contribution in [-0.4, -0.2) is 58.2 Å². The molecule has 0 aliphatic carbocycles. The van der Waals surface area contributed by atoms with Gasteiger partial charge in [0.2, 0.25) is 10.0 Å². The van der Waals surface area contributed by atoms with Gasteiger partial charge in [-0.2, -0.15) is 0 Å². The number of carbonyl (C=O) groups is 1. The molecule has 1 fully saturated rings. The summed E-state index contributed by atoms with van der Waals surface area (Å²) in [5, 5.41) is 2.93. The number of carbonyl (C=O) groups excluding carboxylic acids is 1. The van der Waals surface area contributed by atoms with Gasteiger partial charge in [-0.3, -0.25) is 14.0 Å². The van der Waals surface area contributed by atoms with Gasteiger partial charge in [0.1, 0.15) is 5.75 Å². The Labute approximate surface area is 217 Å². The third-order valence-corrected chi connectivity index (χ3v) is 8.24. The standard InChI is InChI=1S/C28H31N3O5S/c32-28(29-18-23-9-6-10-24(17-23)19-30-13-15-35-16-14-30)27-20-31(25-11-4-5-12-26(25)36-27)37(33,34)21-22-7-2-1-3-8-22/h1-12,17,27H,13-16,18-21H2,(H,29,32). The summed E-state index contributed by atoms with van der Waals surface area (Å²) in [5.41, 5.74) is 3.28. The fourth-order valence-electron chi connectivity index (χ4n) is 4.62. The van der Waals surface area contributed by atoms with Crippen molar-refractivity contribution in [2.75, 3.05) is 37.2 Å². The fraction of sp³-hybridized carbons (Fsp3) is 0.321. The number of hydrogen-bond donors (Lipinski definition) is 1. The Bertz CT molecular complexity index is 1330. The summed E-state index contributed by atoms with van der Waals surface area (Å²) < 4.78 is 39.5. The molecule has 0 bridgehead atoms. The van der Waals surface area contributed by atoms with Crippen LogP contribution < -0.4 is 14.4 Å². The van der Waals surface area contributed by atoms with Gasteiger partial charge in [0.05, 0.1) is 31.2 Å². The largest absolute Gasteiger partial charge is 0.476 e. The van der Waals surface area contributed by atoms with Gasteiger partial charge in [-0.15, -0.1) is 0 Å². The lowest BCUT2D eigenvalue weighted by Crippen LogP contribution is -2.50. The second kappa shape index (κ2) is 11.3. The second-order valence-corrected chi connectivity index (χ2v) is 11.2. The van der Waals surface area contributed by atoms with Crippen LogP contribution in [0.3, 0.4) is 0 Å². The van der Waals surface area contributed by atoms with E-state index in [2.05, 4.69) is 22.3 Å². The molecule has 37 heavy (non-hydrogen) atoms. The summed E-state index contributed by atoms with van der Waals surface area (Å²) in [6, 6.07) is 24.1. The summed E-state index contributed by atoms with van der Waals surface area (Å²) in [7, 11) is -3.74. The molecule has 2 aliphatic rings. The molecule has 0 radical (unpaired) electrons. The van der Waals surface area contributed by atoms with Crippen molar-refractivity contribution in [1.29, 1.82) is 0 Å². The number of rotatable bonds is 8. The molecule has 1 N–H and O–H groups in total. The zero-order valence-corrected chi connectivity index (χ0v) is 21.4. The number of sulfonamides is 1. The molecule has 194 valence electrons.